The molecule has 12 aliphatic rings. The van der Waals surface area contributed by atoms with Crippen molar-refractivity contribution in [1.82, 2.24) is 0 Å². The van der Waals surface area contributed by atoms with Gasteiger partial charge >= 0.3 is 0 Å². The van der Waals surface area contributed by atoms with E-state index in [0.29, 0.717) is 11.1 Å². The second-order valence-electron chi connectivity index (χ2n) is 12.3. The van der Waals surface area contributed by atoms with Crippen molar-refractivity contribution in [3.8, 4) is 0 Å². The summed E-state index contributed by atoms with van der Waals surface area (Å²) in [6, 6.07) is 0. The molecule has 0 amide bonds. The van der Waals surface area contributed by atoms with Crippen LogP contribution in [0.15, 0.2) is 0 Å². The zero-order valence-corrected chi connectivity index (χ0v) is 15.1. The Morgan fingerprint density at radius 2 is 0.542 bits per heavy atom. The summed E-state index contributed by atoms with van der Waals surface area (Å²) in [6.45, 7) is 0. The second-order valence-corrected chi connectivity index (χ2v) is 12.3. The van der Waals surface area contributed by atoms with Crippen LogP contribution in [0.4, 0.5) is 0 Å². The van der Waals surface area contributed by atoms with E-state index in [9.17, 15) is 0 Å². The number of rotatable bonds is 0. The van der Waals surface area contributed by atoms with E-state index in [2.05, 4.69) is 0 Å². The molecule has 12 unspecified atom stereocenters. The molecule has 0 radical (unpaired) electrons. The molecule has 0 aromatic heterocycles. The van der Waals surface area contributed by atoms with E-state index in [1.54, 1.807) is 0 Å². The Morgan fingerprint density at radius 1 is 0.333 bits per heavy atom. The van der Waals surface area contributed by atoms with Crippen LogP contribution < -0.4 is 36.3 Å². The molecule has 12 saturated carbocycles. The highest BCUT2D eigenvalue weighted by Crippen LogP contribution is 3.02. The van der Waals surface area contributed by atoms with E-state index in [-0.39, 0.29) is 24.8 Å². The summed E-state index contributed by atoms with van der Waals surface area (Å²) in [5.74, 6) is 20.9. The fraction of sp³-hybridized carbons (Fsp3) is 1.00. The molecule has 12 atom stereocenters. The zero-order chi connectivity index (χ0) is 13.4. The molecule has 12 fully saturated rings. The Bertz CT molecular complexity index is 695. The predicted molar refractivity (Wildman–Crippen MR) is 74.1 cm³/mol. The Labute approximate surface area is 154 Å². The normalized spacial score (nSPS) is 97.2. The number of hydrogen-bond acceptors (Lipinski definition) is 0. The molecule has 0 heterocycles. The highest BCUT2D eigenvalue weighted by Gasteiger charge is 3.06. The highest BCUT2D eigenvalue weighted by molar-refractivity contribution is 5.51. The van der Waals surface area contributed by atoms with E-state index < -0.39 is 0 Å². The molecule has 2 nitrogen and oxygen atoms in total. The van der Waals surface area contributed by atoms with Gasteiger partial charge in [0.05, 0.1) is 0 Å². The third kappa shape index (κ3) is 0.592. The van der Waals surface area contributed by atoms with Gasteiger partial charge in [-0.15, -0.1) is 0 Å². The molecule has 4 heteroatoms. The molecule has 0 aliphatic heterocycles. The van der Waals surface area contributed by atoms with Gasteiger partial charge in [0.2, 0.25) is 0 Å². The highest BCUT2D eigenvalue weighted by atomic mass is 35.5. The maximum Gasteiger partial charge on any atom is 0.105 e. The van der Waals surface area contributed by atoms with Crippen LogP contribution in [0.1, 0.15) is 0 Å². The van der Waals surface area contributed by atoms with Gasteiger partial charge in [-0.3, -0.25) is 0 Å². The summed E-state index contributed by atoms with van der Waals surface area (Å²) in [4.78, 5) is 0. The molecule has 0 aromatic carbocycles. The minimum Gasteiger partial charge on any atom is -1.00 e. The Hall–Kier alpha value is 0.500. The van der Waals surface area contributed by atoms with Crippen LogP contribution >= 0.6 is 0 Å². The Kier molecular flexibility index (Phi) is 1.44. The summed E-state index contributed by atoms with van der Waals surface area (Å²) in [5, 5.41) is 0. The largest absolute Gasteiger partial charge is 1.00 e. The number of hydrogen-bond donors (Lipinski definition) is 2. The van der Waals surface area contributed by atoms with Crippen molar-refractivity contribution < 1.29 is 36.3 Å². The molecule has 0 bridgehead atoms. The lowest BCUT2D eigenvalue weighted by Crippen LogP contribution is -3.00. The van der Waals surface area contributed by atoms with Crippen LogP contribution in [0, 0.1) is 107 Å². The van der Waals surface area contributed by atoms with E-state index in [1.165, 1.54) is 59.2 Å². The minimum atomic E-state index is 0. The summed E-state index contributed by atoms with van der Waals surface area (Å²) in [5.41, 5.74) is 11.6. The SMILES string of the molecule is [Cl-].[Cl-].[NH3+]C12C3C4C5C6C3C3C7C6C6C5C5C4C1C1C(C32)C7C6([NH3+])C51. The first-order chi connectivity index (χ1) is 10.7. The minimum absolute atomic E-state index is 0. The molecule has 6 N–H and O–H groups in total. The van der Waals surface area contributed by atoms with Gasteiger partial charge in [0.15, 0.2) is 0 Å². The zero-order valence-electron chi connectivity index (χ0n) is 13.6. The van der Waals surface area contributed by atoms with Gasteiger partial charge in [0.1, 0.15) is 11.1 Å². The lowest BCUT2D eigenvalue weighted by atomic mass is 9.71. The quantitative estimate of drug-likeness (QED) is 0.430. The number of halogens is 2. The van der Waals surface area contributed by atoms with Crippen LogP contribution in [0.5, 0.6) is 0 Å². The van der Waals surface area contributed by atoms with Gasteiger partial charge in [-0.1, -0.05) is 0 Å². The van der Waals surface area contributed by atoms with Crippen molar-refractivity contribution in [2.45, 2.75) is 11.1 Å². The predicted octanol–water partition coefficient (Wildman–Crippen LogP) is -6.80. The van der Waals surface area contributed by atoms with E-state index in [1.807, 2.05) is 0 Å². The monoisotopic (exact) mass is 362 g/mol. The molecule has 0 aromatic rings. The van der Waals surface area contributed by atoms with Gasteiger partial charge in [-0.2, -0.15) is 0 Å². The lowest BCUT2D eigenvalue weighted by Gasteiger charge is -2.35. The van der Waals surface area contributed by atoms with Gasteiger partial charge in [0.25, 0.3) is 0 Å². The molecule has 12 rings (SSSR count). The van der Waals surface area contributed by atoms with Crippen molar-refractivity contribution in [3.63, 3.8) is 0 Å². The summed E-state index contributed by atoms with van der Waals surface area (Å²) in [6.07, 6.45) is 0. The van der Waals surface area contributed by atoms with Crippen LogP contribution in [0.25, 0.3) is 0 Å². The van der Waals surface area contributed by atoms with E-state index in [4.69, 9.17) is 11.5 Å². The summed E-state index contributed by atoms with van der Waals surface area (Å²) in [7, 11) is 0. The fourth-order valence-corrected chi connectivity index (χ4v) is 16.0. The number of quaternary nitrogens is 2. The maximum atomic E-state index is 5.19. The molecule has 24 heavy (non-hydrogen) atoms. The average molecular weight is 363 g/mol. The summed E-state index contributed by atoms with van der Waals surface area (Å²) < 4.78 is 0. The third-order valence-electron chi connectivity index (χ3n) is 14.0. The Morgan fingerprint density at radius 3 is 0.833 bits per heavy atom. The molecule has 0 saturated heterocycles. The van der Waals surface area contributed by atoms with Gasteiger partial charge < -0.3 is 36.3 Å². The molecule has 0 spiro atoms. The smallest absolute Gasteiger partial charge is 0.105 e. The first-order valence-corrected chi connectivity index (χ1v) is 10.4. The third-order valence-corrected chi connectivity index (χ3v) is 14.0. The van der Waals surface area contributed by atoms with Crippen LogP contribution in [-0.4, -0.2) is 11.1 Å². The van der Waals surface area contributed by atoms with Crippen molar-refractivity contribution in [3.05, 3.63) is 0 Å². The lowest BCUT2D eigenvalue weighted by molar-refractivity contribution is -0.517. The first-order valence-electron chi connectivity index (χ1n) is 10.4. The first kappa shape index (κ1) is 12.8. The van der Waals surface area contributed by atoms with Crippen molar-refractivity contribution in [1.29, 1.82) is 0 Å². The molecule has 128 valence electrons. The van der Waals surface area contributed by atoms with Gasteiger partial charge in [-0.05, 0) is 71.0 Å². The fourth-order valence-electron chi connectivity index (χ4n) is 16.0. The van der Waals surface area contributed by atoms with E-state index in [0.717, 1.165) is 47.3 Å². The standard InChI is InChI=1S/C20H22N2.2ClH/c21-19-13-3-1-2-5(13)9-10-6(2)14-4(1)8-7(3)15(19)11-12(17(9)19)18(10)20(14,22)16(8)11;;/h1-18H,21-22H2;2*1H. The molecular weight excluding hydrogens is 339 g/mol. The Balaban J connectivity index is 0.000000512. The van der Waals surface area contributed by atoms with Crippen LogP contribution in [0.3, 0.4) is 0 Å². The molecular formula is C20H24Cl2N2. The van der Waals surface area contributed by atoms with Crippen molar-refractivity contribution in [2.75, 3.05) is 0 Å². The summed E-state index contributed by atoms with van der Waals surface area (Å²) >= 11 is 0. The second kappa shape index (κ2) is 2.69. The van der Waals surface area contributed by atoms with Crippen molar-refractivity contribution >= 4 is 0 Å². The van der Waals surface area contributed by atoms with Crippen LogP contribution in [-0.2, 0) is 0 Å². The van der Waals surface area contributed by atoms with Crippen LogP contribution in [0.2, 0.25) is 0 Å². The average Bonchev–Trinajstić information content (AvgIpc) is 3.15. The van der Waals surface area contributed by atoms with E-state index >= 15 is 0 Å². The molecule has 12 aliphatic carbocycles. The van der Waals surface area contributed by atoms with Gasteiger partial charge in [0, 0.05) is 35.5 Å². The van der Waals surface area contributed by atoms with Gasteiger partial charge in [-0.25, -0.2) is 0 Å². The van der Waals surface area contributed by atoms with Crippen molar-refractivity contribution in [2.24, 2.45) is 107 Å². The topological polar surface area (TPSA) is 55.3 Å². The maximum absolute atomic E-state index is 5.19.